The molecule has 1 spiro atoms. The Morgan fingerprint density at radius 1 is 1.39 bits per heavy atom. The Hall–Kier alpha value is -2.34. The van der Waals surface area contributed by atoms with E-state index in [1.807, 2.05) is 17.9 Å². The first-order valence-electron chi connectivity index (χ1n) is 10.0. The van der Waals surface area contributed by atoms with E-state index < -0.39 is 12.1 Å². The molecule has 2 saturated heterocycles. The number of carbonyl (C=O) groups is 2. The first-order valence-corrected chi connectivity index (χ1v) is 10.0. The van der Waals surface area contributed by atoms with E-state index in [4.69, 9.17) is 14.6 Å². The summed E-state index contributed by atoms with van der Waals surface area (Å²) in [6.07, 6.45) is 3.45. The fraction of sp³-hybridized carbons (Fsp3) is 0.737. The Balaban J connectivity index is 0.000000423. The summed E-state index contributed by atoms with van der Waals surface area (Å²) in [7, 11) is 5.46. The number of aryl methyl sites for hydroxylation is 1. The number of ether oxygens (including phenoxy) is 1. The largest absolute Gasteiger partial charge is 0.490 e. The molecule has 12 heteroatoms. The van der Waals surface area contributed by atoms with Crippen LogP contribution in [0, 0.1) is 0 Å². The molecule has 0 saturated carbocycles. The first kappa shape index (κ1) is 24.9. The molecule has 3 heterocycles. The number of likely N-dealkylation sites (tertiary alicyclic amines) is 1. The lowest BCUT2D eigenvalue weighted by Gasteiger charge is -2.39. The van der Waals surface area contributed by atoms with Crippen LogP contribution in [0.1, 0.15) is 31.2 Å². The quantitative estimate of drug-likeness (QED) is 0.728. The standard InChI is InChI=1S/C17H29N5O2.C2HF3O2/c1-20(2)16(23)18-10-15-5-4-6-17(24-15)7-8-22(13-17)12-14-9-19-21(3)11-14;3-2(4,5)1(6)7/h9,11,15H,4-8,10,12-13H2,1-3H3,(H,18,23);(H,6,7)/t15-,17+;/m0./s1. The maximum absolute atomic E-state index is 11.7. The number of amides is 2. The van der Waals surface area contributed by atoms with Crippen molar-refractivity contribution in [3.05, 3.63) is 18.0 Å². The smallest absolute Gasteiger partial charge is 0.475 e. The number of aliphatic carboxylic acids is 1. The Labute approximate surface area is 179 Å². The zero-order chi connectivity index (χ0) is 23.2. The molecular weight excluding hydrogens is 419 g/mol. The zero-order valence-electron chi connectivity index (χ0n) is 18.0. The van der Waals surface area contributed by atoms with E-state index in [1.165, 1.54) is 12.0 Å². The minimum atomic E-state index is -5.08. The fourth-order valence-corrected chi connectivity index (χ4v) is 3.80. The van der Waals surface area contributed by atoms with Gasteiger partial charge in [0.25, 0.3) is 0 Å². The number of nitrogens with one attached hydrogen (secondary N) is 1. The Morgan fingerprint density at radius 3 is 2.61 bits per heavy atom. The third kappa shape index (κ3) is 7.69. The van der Waals surface area contributed by atoms with Gasteiger partial charge in [-0.05, 0) is 25.7 Å². The van der Waals surface area contributed by atoms with Crippen LogP contribution in [-0.2, 0) is 23.1 Å². The summed E-state index contributed by atoms with van der Waals surface area (Å²) in [4.78, 5) is 24.6. The number of urea groups is 1. The average Bonchev–Trinajstić information content (AvgIpc) is 3.25. The Kier molecular flexibility index (Phi) is 8.29. The lowest BCUT2D eigenvalue weighted by molar-refractivity contribution is -0.192. The van der Waals surface area contributed by atoms with Crippen LogP contribution in [0.4, 0.5) is 18.0 Å². The van der Waals surface area contributed by atoms with Gasteiger partial charge in [-0.3, -0.25) is 9.58 Å². The van der Waals surface area contributed by atoms with Gasteiger partial charge in [-0.2, -0.15) is 18.3 Å². The number of carbonyl (C=O) groups excluding carboxylic acids is 1. The molecule has 2 aliphatic heterocycles. The van der Waals surface area contributed by atoms with Crippen molar-refractivity contribution in [3.63, 3.8) is 0 Å². The lowest BCUT2D eigenvalue weighted by atomic mass is 9.90. The number of alkyl halides is 3. The summed E-state index contributed by atoms with van der Waals surface area (Å²) in [5.74, 6) is -2.76. The molecule has 0 radical (unpaired) electrons. The number of halogens is 3. The third-order valence-electron chi connectivity index (χ3n) is 5.26. The van der Waals surface area contributed by atoms with Gasteiger partial charge in [0.15, 0.2) is 0 Å². The minimum Gasteiger partial charge on any atom is -0.475 e. The predicted molar refractivity (Wildman–Crippen MR) is 105 cm³/mol. The number of carboxylic acids is 1. The van der Waals surface area contributed by atoms with Gasteiger partial charge in [0.1, 0.15) is 0 Å². The van der Waals surface area contributed by atoms with Gasteiger partial charge >= 0.3 is 18.2 Å². The van der Waals surface area contributed by atoms with Crippen molar-refractivity contribution in [1.29, 1.82) is 0 Å². The van der Waals surface area contributed by atoms with Crippen LogP contribution in [0.25, 0.3) is 0 Å². The van der Waals surface area contributed by atoms with E-state index in [1.54, 1.807) is 19.0 Å². The van der Waals surface area contributed by atoms with E-state index in [2.05, 4.69) is 21.5 Å². The molecule has 2 aliphatic rings. The van der Waals surface area contributed by atoms with Crippen molar-refractivity contribution in [2.75, 3.05) is 33.7 Å². The topological polar surface area (TPSA) is 99.9 Å². The van der Waals surface area contributed by atoms with Crippen LogP contribution in [-0.4, -0.2) is 88.3 Å². The molecule has 0 aromatic carbocycles. The molecule has 9 nitrogen and oxygen atoms in total. The van der Waals surface area contributed by atoms with Crippen molar-refractivity contribution >= 4 is 12.0 Å². The first-order chi connectivity index (χ1) is 14.4. The van der Waals surface area contributed by atoms with Crippen molar-refractivity contribution in [2.45, 2.75) is 50.1 Å². The highest BCUT2D eigenvalue weighted by Gasteiger charge is 2.43. The molecule has 31 heavy (non-hydrogen) atoms. The molecule has 1 aromatic rings. The van der Waals surface area contributed by atoms with Gasteiger partial charge in [0, 0.05) is 59.1 Å². The SMILES string of the molecule is CN(C)C(=O)NC[C@@H]1CCC[C@]2(CCN(Cc3cnn(C)c3)C2)O1.O=C(O)C(F)(F)F. The number of hydrogen-bond donors (Lipinski definition) is 2. The van der Waals surface area contributed by atoms with Crippen molar-refractivity contribution in [3.8, 4) is 0 Å². The number of rotatable bonds is 4. The van der Waals surface area contributed by atoms with Crippen molar-refractivity contribution in [2.24, 2.45) is 7.05 Å². The summed E-state index contributed by atoms with van der Waals surface area (Å²) in [5.41, 5.74) is 1.22. The molecule has 176 valence electrons. The number of aromatic nitrogens is 2. The van der Waals surface area contributed by atoms with Gasteiger partial charge < -0.3 is 20.1 Å². The second-order valence-electron chi connectivity index (χ2n) is 8.18. The molecular formula is C19H30F3N5O4. The second-order valence-corrected chi connectivity index (χ2v) is 8.18. The number of carboxylic acid groups (broad SMARTS) is 1. The monoisotopic (exact) mass is 449 g/mol. The summed E-state index contributed by atoms with van der Waals surface area (Å²) in [5, 5.41) is 14.3. The fourth-order valence-electron chi connectivity index (χ4n) is 3.80. The molecule has 2 fully saturated rings. The predicted octanol–water partition coefficient (Wildman–Crippen LogP) is 1.84. The van der Waals surface area contributed by atoms with E-state index in [-0.39, 0.29) is 17.7 Å². The molecule has 2 amide bonds. The zero-order valence-corrected chi connectivity index (χ0v) is 18.0. The van der Waals surface area contributed by atoms with Crippen molar-refractivity contribution in [1.82, 2.24) is 24.9 Å². The molecule has 2 N–H and O–H groups in total. The summed E-state index contributed by atoms with van der Waals surface area (Å²) in [6, 6.07) is -0.0529. The minimum absolute atomic E-state index is 0.0338. The van der Waals surface area contributed by atoms with Gasteiger partial charge in [-0.1, -0.05) is 0 Å². The number of hydrogen-bond acceptors (Lipinski definition) is 5. The maximum atomic E-state index is 11.7. The lowest BCUT2D eigenvalue weighted by Crippen LogP contribution is -2.48. The number of nitrogens with zero attached hydrogens (tertiary/aromatic N) is 4. The van der Waals surface area contributed by atoms with Crippen LogP contribution in [0.3, 0.4) is 0 Å². The van der Waals surface area contributed by atoms with Crippen LogP contribution < -0.4 is 5.32 Å². The molecule has 0 bridgehead atoms. The summed E-state index contributed by atoms with van der Waals surface area (Å²) < 4.78 is 40.0. The van der Waals surface area contributed by atoms with Gasteiger partial charge in [-0.15, -0.1) is 0 Å². The highest BCUT2D eigenvalue weighted by atomic mass is 19.4. The van der Waals surface area contributed by atoms with E-state index >= 15 is 0 Å². The summed E-state index contributed by atoms with van der Waals surface area (Å²) >= 11 is 0. The normalized spacial score (nSPS) is 23.9. The second kappa shape index (κ2) is 10.3. The molecule has 1 aromatic heterocycles. The Bertz CT molecular complexity index is 755. The van der Waals surface area contributed by atoms with Gasteiger partial charge in [0.2, 0.25) is 0 Å². The van der Waals surface area contributed by atoms with Crippen LogP contribution in [0.2, 0.25) is 0 Å². The van der Waals surface area contributed by atoms with Crippen LogP contribution >= 0.6 is 0 Å². The highest BCUT2D eigenvalue weighted by molar-refractivity contribution is 5.73. The van der Waals surface area contributed by atoms with Crippen LogP contribution in [0.5, 0.6) is 0 Å². The molecule has 2 atom stereocenters. The molecule has 0 unspecified atom stereocenters. The molecule has 0 aliphatic carbocycles. The average molecular weight is 449 g/mol. The van der Waals surface area contributed by atoms with E-state index in [0.29, 0.717) is 6.54 Å². The third-order valence-corrected chi connectivity index (χ3v) is 5.26. The van der Waals surface area contributed by atoms with Gasteiger partial charge in [-0.25, -0.2) is 9.59 Å². The molecule has 3 rings (SSSR count). The highest BCUT2D eigenvalue weighted by Crippen LogP contribution is 2.37. The Morgan fingerprint density at radius 2 is 2.06 bits per heavy atom. The maximum Gasteiger partial charge on any atom is 0.490 e. The van der Waals surface area contributed by atoms with Gasteiger partial charge in [0.05, 0.1) is 17.9 Å². The van der Waals surface area contributed by atoms with E-state index in [9.17, 15) is 18.0 Å². The van der Waals surface area contributed by atoms with Crippen molar-refractivity contribution < 1.29 is 32.6 Å². The van der Waals surface area contributed by atoms with Crippen LogP contribution in [0.15, 0.2) is 12.4 Å². The van der Waals surface area contributed by atoms with E-state index in [0.717, 1.165) is 38.9 Å². The summed E-state index contributed by atoms with van der Waals surface area (Å²) in [6.45, 7) is 3.56.